The summed E-state index contributed by atoms with van der Waals surface area (Å²) in [5.41, 5.74) is 0. The third-order valence-corrected chi connectivity index (χ3v) is 0.650. The van der Waals surface area contributed by atoms with Crippen LogP contribution in [0.15, 0.2) is 0 Å². The number of nitrogens with zero attached hydrogens (tertiary/aromatic N) is 1. The Morgan fingerprint density at radius 2 is 2.38 bits per heavy atom. The molecule has 0 rings (SSSR count). The van der Waals surface area contributed by atoms with E-state index in [2.05, 4.69) is 4.74 Å². The van der Waals surface area contributed by atoms with Gasteiger partial charge in [0.1, 0.15) is 0 Å². The van der Waals surface area contributed by atoms with E-state index in [-0.39, 0.29) is 11.7 Å². The molecule has 0 aromatic rings. The highest BCUT2D eigenvalue weighted by Gasteiger charge is 2.07. The van der Waals surface area contributed by atoms with Crippen LogP contribution >= 0.6 is 0 Å². The first kappa shape index (κ1) is 7.20. The van der Waals surface area contributed by atoms with E-state index < -0.39 is 6.09 Å². The fourth-order valence-electron chi connectivity index (χ4n) is 0.228. The lowest BCUT2D eigenvalue weighted by Gasteiger charge is -2.04. The minimum absolute atomic E-state index is 0.0139. The Morgan fingerprint density at radius 3 is 2.50 bits per heavy atom. The highest BCUT2D eigenvalue weighted by Crippen LogP contribution is 1.90. The zero-order valence-electron chi connectivity index (χ0n) is 4.85. The third kappa shape index (κ3) is 1.77. The van der Waals surface area contributed by atoms with E-state index in [4.69, 9.17) is 0 Å². The van der Waals surface area contributed by atoms with Crippen molar-refractivity contribution in [3.63, 3.8) is 0 Å². The first-order valence-corrected chi connectivity index (χ1v) is 2.23. The molecular formula is C4H8FNO2. The number of amides is 1. The van der Waals surface area contributed by atoms with Crippen LogP contribution in [0.1, 0.15) is 6.92 Å². The summed E-state index contributed by atoms with van der Waals surface area (Å²) in [5.74, 6) is 0. The fourth-order valence-corrected chi connectivity index (χ4v) is 0.228. The Kier molecular flexibility index (Phi) is 2.91. The molecular weight excluding hydrogens is 113 g/mol. The Labute approximate surface area is 47.0 Å². The van der Waals surface area contributed by atoms with Crippen LogP contribution < -0.4 is 0 Å². The lowest BCUT2D eigenvalue weighted by atomic mass is 10.7. The second-order valence-electron chi connectivity index (χ2n) is 1.15. The van der Waals surface area contributed by atoms with Gasteiger partial charge >= 0.3 is 6.09 Å². The van der Waals surface area contributed by atoms with E-state index in [0.29, 0.717) is 0 Å². The molecule has 0 fully saturated rings. The molecule has 0 aliphatic heterocycles. The highest BCUT2D eigenvalue weighted by molar-refractivity contribution is 5.65. The van der Waals surface area contributed by atoms with Gasteiger partial charge in [0, 0.05) is 0 Å². The van der Waals surface area contributed by atoms with E-state index in [1.54, 1.807) is 0 Å². The van der Waals surface area contributed by atoms with Crippen molar-refractivity contribution in [2.45, 2.75) is 6.92 Å². The summed E-state index contributed by atoms with van der Waals surface area (Å²) in [6.07, 6.45) is -0.951. The molecule has 0 bridgehead atoms. The molecule has 4 heteroatoms. The van der Waals surface area contributed by atoms with Crippen molar-refractivity contribution in [1.29, 1.82) is 0 Å². The van der Waals surface area contributed by atoms with E-state index >= 15 is 0 Å². The molecule has 0 aliphatic rings. The lowest BCUT2D eigenvalue weighted by molar-refractivity contribution is 0.0253. The summed E-state index contributed by atoms with van der Waals surface area (Å²) in [4.78, 5) is 10.1. The average Bonchev–Trinajstić information content (AvgIpc) is 1.84. The molecule has 0 saturated carbocycles. The Morgan fingerprint density at radius 1 is 1.88 bits per heavy atom. The molecule has 0 radical (unpaired) electrons. The van der Waals surface area contributed by atoms with Gasteiger partial charge in [-0.1, -0.05) is 4.48 Å². The number of rotatable bonds is 1. The second kappa shape index (κ2) is 3.23. The van der Waals surface area contributed by atoms with Crippen molar-refractivity contribution in [3.05, 3.63) is 0 Å². The predicted molar refractivity (Wildman–Crippen MR) is 25.9 cm³/mol. The number of carbonyl (C=O) groups is 1. The quantitative estimate of drug-likeness (QED) is 0.483. The van der Waals surface area contributed by atoms with Gasteiger partial charge in [-0.2, -0.15) is 0 Å². The maximum Gasteiger partial charge on any atom is 0.437 e. The first-order chi connectivity index (χ1) is 3.72. The van der Waals surface area contributed by atoms with Crippen LogP contribution in [-0.2, 0) is 4.74 Å². The van der Waals surface area contributed by atoms with Gasteiger partial charge in [0.2, 0.25) is 0 Å². The van der Waals surface area contributed by atoms with Crippen LogP contribution in [0.3, 0.4) is 0 Å². The summed E-state index contributed by atoms with van der Waals surface area (Å²) in [5, 5.41) is -0.0139. The van der Waals surface area contributed by atoms with E-state index in [1.807, 2.05) is 0 Å². The maximum atomic E-state index is 11.9. The molecule has 1 amide bonds. The topological polar surface area (TPSA) is 29.5 Å². The van der Waals surface area contributed by atoms with Crippen molar-refractivity contribution in [1.82, 2.24) is 5.12 Å². The molecule has 0 atom stereocenters. The van der Waals surface area contributed by atoms with Crippen LogP contribution in [0.25, 0.3) is 0 Å². The molecule has 48 valence electrons. The lowest BCUT2D eigenvalue weighted by Crippen LogP contribution is -2.21. The summed E-state index contributed by atoms with van der Waals surface area (Å²) in [7, 11) is 1.13. The van der Waals surface area contributed by atoms with Gasteiger partial charge in [-0.3, -0.25) is 0 Å². The van der Waals surface area contributed by atoms with Crippen molar-refractivity contribution in [2.24, 2.45) is 0 Å². The number of halogens is 1. The molecule has 0 N–H and O–H groups in total. The summed E-state index contributed by atoms with van der Waals surface area (Å²) >= 11 is 0. The smallest absolute Gasteiger partial charge is 0.437 e. The van der Waals surface area contributed by atoms with Crippen molar-refractivity contribution in [3.8, 4) is 0 Å². The van der Waals surface area contributed by atoms with E-state index in [1.165, 1.54) is 6.92 Å². The molecule has 0 heterocycles. The van der Waals surface area contributed by atoms with Crippen molar-refractivity contribution < 1.29 is 14.0 Å². The standard InChI is InChI=1S/C4H8FNO2/c1-3-6(5)4(7)8-2/h3H2,1-2H3. The zero-order chi connectivity index (χ0) is 6.57. The van der Waals surface area contributed by atoms with Crippen LogP contribution in [0, 0.1) is 0 Å². The van der Waals surface area contributed by atoms with Crippen LogP contribution in [0.5, 0.6) is 0 Å². The van der Waals surface area contributed by atoms with E-state index in [0.717, 1.165) is 7.11 Å². The highest BCUT2D eigenvalue weighted by atomic mass is 19.2. The molecule has 0 aromatic heterocycles. The molecule has 8 heavy (non-hydrogen) atoms. The minimum Gasteiger partial charge on any atom is -0.451 e. The van der Waals surface area contributed by atoms with Crippen molar-refractivity contribution >= 4 is 6.09 Å². The van der Waals surface area contributed by atoms with Crippen LogP contribution in [0.4, 0.5) is 9.28 Å². The van der Waals surface area contributed by atoms with Gasteiger partial charge in [-0.25, -0.2) is 4.79 Å². The maximum absolute atomic E-state index is 11.9. The molecule has 0 saturated heterocycles. The molecule has 0 aliphatic carbocycles. The summed E-state index contributed by atoms with van der Waals surface area (Å²) in [6.45, 7) is 1.53. The second-order valence-corrected chi connectivity index (χ2v) is 1.15. The van der Waals surface area contributed by atoms with E-state index in [9.17, 15) is 9.28 Å². The summed E-state index contributed by atoms with van der Waals surface area (Å²) in [6, 6.07) is 0. The first-order valence-electron chi connectivity index (χ1n) is 2.23. The SMILES string of the molecule is CCN(F)C(=O)OC. The molecule has 0 unspecified atom stereocenters. The largest absolute Gasteiger partial charge is 0.451 e. The number of methoxy groups -OCH3 is 1. The van der Waals surface area contributed by atoms with Gasteiger partial charge < -0.3 is 4.74 Å². The van der Waals surface area contributed by atoms with Gasteiger partial charge in [-0.15, -0.1) is 5.12 Å². The Hall–Kier alpha value is -0.800. The number of hydrogen-bond donors (Lipinski definition) is 0. The number of carbonyl (C=O) groups excluding carboxylic acids is 1. The Balaban J connectivity index is 3.46. The predicted octanol–water partition coefficient (Wildman–Crippen LogP) is 0.959. The fraction of sp³-hybridized carbons (Fsp3) is 0.750. The zero-order valence-corrected chi connectivity index (χ0v) is 4.85. The van der Waals surface area contributed by atoms with Crippen LogP contribution in [-0.4, -0.2) is 24.9 Å². The van der Waals surface area contributed by atoms with Gasteiger partial charge in [0.05, 0.1) is 13.7 Å². The van der Waals surface area contributed by atoms with Gasteiger partial charge in [0.15, 0.2) is 0 Å². The number of hydrogen-bond acceptors (Lipinski definition) is 2. The van der Waals surface area contributed by atoms with Gasteiger partial charge in [0.25, 0.3) is 0 Å². The van der Waals surface area contributed by atoms with Gasteiger partial charge in [-0.05, 0) is 6.92 Å². The minimum atomic E-state index is -0.951. The average molecular weight is 121 g/mol. The molecule has 0 spiro atoms. The van der Waals surface area contributed by atoms with Crippen molar-refractivity contribution in [2.75, 3.05) is 13.7 Å². The summed E-state index contributed by atoms with van der Waals surface area (Å²) < 4.78 is 15.9. The third-order valence-electron chi connectivity index (χ3n) is 0.650. The molecule has 0 aromatic carbocycles. The van der Waals surface area contributed by atoms with Crippen LogP contribution in [0.2, 0.25) is 0 Å². The normalized spacial score (nSPS) is 8.38. The monoisotopic (exact) mass is 121 g/mol. The Bertz CT molecular complexity index is 86.1. The number of ether oxygens (including phenoxy) is 1. The molecule has 3 nitrogen and oxygen atoms in total.